The standard InChI is InChI=1S/C10H22N2O2/c1-3-5-9(2)12-10(13)8-14-7-4-6-11/h9H,3-8,11H2,1-2H3,(H,12,13). The first-order valence-corrected chi connectivity index (χ1v) is 5.27. The van der Waals surface area contributed by atoms with Crippen LogP contribution in [-0.4, -0.2) is 31.7 Å². The number of ether oxygens (including phenoxy) is 1. The molecule has 3 N–H and O–H groups in total. The lowest BCUT2D eigenvalue weighted by atomic mass is 10.2. The number of nitrogens with two attached hydrogens (primary N) is 1. The van der Waals surface area contributed by atoms with Gasteiger partial charge in [0.15, 0.2) is 0 Å². The zero-order valence-electron chi connectivity index (χ0n) is 9.21. The van der Waals surface area contributed by atoms with Gasteiger partial charge in [0.1, 0.15) is 6.61 Å². The van der Waals surface area contributed by atoms with Gasteiger partial charge in [-0.05, 0) is 26.3 Å². The maximum Gasteiger partial charge on any atom is 0.246 e. The van der Waals surface area contributed by atoms with Gasteiger partial charge in [-0.2, -0.15) is 0 Å². The Morgan fingerprint density at radius 2 is 2.29 bits per heavy atom. The molecule has 4 heteroatoms. The molecule has 0 bridgehead atoms. The highest BCUT2D eigenvalue weighted by Gasteiger charge is 2.05. The third kappa shape index (κ3) is 8.01. The Balaban J connectivity index is 3.35. The van der Waals surface area contributed by atoms with Crippen molar-refractivity contribution in [1.29, 1.82) is 0 Å². The third-order valence-corrected chi connectivity index (χ3v) is 1.86. The summed E-state index contributed by atoms with van der Waals surface area (Å²) in [6.45, 7) is 5.41. The smallest absolute Gasteiger partial charge is 0.246 e. The molecular formula is C10H22N2O2. The van der Waals surface area contributed by atoms with Gasteiger partial charge in [-0.25, -0.2) is 0 Å². The maximum atomic E-state index is 11.2. The minimum absolute atomic E-state index is 0.0389. The quantitative estimate of drug-likeness (QED) is 0.568. The summed E-state index contributed by atoms with van der Waals surface area (Å²) in [4.78, 5) is 11.2. The molecule has 0 aliphatic carbocycles. The number of hydrogen-bond donors (Lipinski definition) is 2. The summed E-state index contributed by atoms with van der Waals surface area (Å²) < 4.78 is 5.12. The van der Waals surface area contributed by atoms with Crippen molar-refractivity contribution < 1.29 is 9.53 Å². The van der Waals surface area contributed by atoms with Crippen molar-refractivity contribution in [3.63, 3.8) is 0 Å². The molecule has 4 nitrogen and oxygen atoms in total. The molecular weight excluding hydrogens is 180 g/mol. The average molecular weight is 202 g/mol. The zero-order chi connectivity index (χ0) is 10.8. The topological polar surface area (TPSA) is 64.3 Å². The van der Waals surface area contributed by atoms with Crippen molar-refractivity contribution in [1.82, 2.24) is 5.32 Å². The van der Waals surface area contributed by atoms with Gasteiger partial charge in [0.05, 0.1) is 0 Å². The van der Waals surface area contributed by atoms with Crippen molar-refractivity contribution in [2.24, 2.45) is 5.73 Å². The Bertz CT molecular complexity index is 151. The molecule has 0 aromatic carbocycles. The highest BCUT2D eigenvalue weighted by Crippen LogP contribution is 1.94. The fourth-order valence-electron chi connectivity index (χ4n) is 1.17. The van der Waals surface area contributed by atoms with Crippen LogP contribution in [0.2, 0.25) is 0 Å². The Morgan fingerprint density at radius 1 is 1.57 bits per heavy atom. The Hall–Kier alpha value is -0.610. The van der Waals surface area contributed by atoms with Gasteiger partial charge >= 0.3 is 0 Å². The summed E-state index contributed by atoms with van der Waals surface area (Å²) in [5.41, 5.74) is 5.29. The van der Waals surface area contributed by atoms with Crippen LogP contribution in [0.3, 0.4) is 0 Å². The molecule has 0 radical (unpaired) electrons. The number of rotatable bonds is 8. The first-order chi connectivity index (χ1) is 6.70. The van der Waals surface area contributed by atoms with E-state index in [1.54, 1.807) is 0 Å². The summed E-state index contributed by atoms with van der Waals surface area (Å²) in [7, 11) is 0. The van der Waals surface area contributed by atoms with Gasteiger partial charge in [0.25, 0.3) is 0 Å². The number of hydrogen-bond acceptors (Lipinski definition) is 3. The Morgan fingerprint density at radius 3 is 2.86 bits per heavy atom. The van der Waals surface area contributed by atoms with E-state index in [2.05, 4.69) is 12.2 Å². The van der Waals surface area contributed by atoms with E-state index in [-0.39, 0.29) is 18.6 Å². The van der Waals surface area contributed by atoms with E-state index in [9.17, 15) is 4.79 Å². The van der Waals surface area contributed by atoms with Crippen LogP contribution in [-0.2, 0) is 9.53 Å². The van der Waals surface area contributed by atoms with Gasteiger partial charge < -0.3 is 15.8 Å². The Labute approximate surface area is 86.2 Å². The minimum atomic E-state index is -0.0389. The van der Waals surface area contributed by atoms with Crippen LogP contribution in [0.5, 0.6) is 0 Å². The van der Waals surface area contributed by atoms with E-state index in [0.29, 0.717) is 13.2 Å². The van der Waals surface area contributed by atoms with Crippen LogP contribution in [0.15, 0.2) is 0 Å². The molecule has 84 valence electrons. The highest BCUT2D eigenvalue weighted by atomic mass is 16.5. The lowest BCUT2D eigenvalue weighted by Crippen LogP contribution is -2.35. The van der Waals surface area contributed by atoms with Crippen LogP contribution in [0.1, 0.15) is 33.1 Å². The first kappa shape index (κ1) is 13.4. The molecule has 0 aliphatic heterocycles. The molecule has 0 aliphatic rings. The second-order valence-corrected chi connectivity index (χ2v) is 3.45. The predicted molar refractivity (Wildman–Crippen MR) is 57.0 cm³/mol. The van der Waals surface area contributed by atoms with Gasteiger partial charge in [-0.3, -0.25) is 4.79 Å². The van der Waals surface area contributed by atoms with E-state index in [0.717, 1.165) is 19.3 Å². The van der Waals surface area contributed by atoms with E-state index >= 15 is 0 Å². The van der Waals surface area contributed by atoms with Crippen molar-refractivity contribution in [3.8, 4) is 0 Å². The maximum absolute atomic E-state index is 11.2. The molecule has 0 fully saturated rings. The molecule has 0 aromatic heterocycles. The monoisotopic (exact) mass is 202 g/mol. The summed E-state index contributed by atoms with van der Waals surface area (Å²) in [5.74, 6) is -0.0389. The van der Waals surface area contributed by atoms with Crippen LogP contribution < -0.4 is 11.1 Å². The van der Waals surface area contributed by atoms with Crippen molar-refractivity contribution in [2.75, 3.05) is 19.8 Å². The molecule has 0 saturated carbocycles. The molecule has 1 amide bonds. The van der Waals surface area contributed by atoms with Crippen LogP contribution >= 0.6 is 0 Å². The van der Waals surface area contributed by atoms with E-state index < -0.39 is 0 Å². The summed E-state index contributed by atoms with van der Waals surface area (Å²) in [5, 5.41) is 2.86. The summed E-state index contributed by atoms with van der Waals surface area (Å²) >= 11 is 0. The fourth-order valence-corrected chi connectivity index (χ4v) is 1.17. The molecule has 0 heterocycles. The van der Waals surface area contributed by atoms with Gasteiger partial charge in [-0.15, -0.1) is 0 Å². The van der Waals surface area contributed by atoms with Crippen molar-refractivity contribution in [2.45, 2.75) is 39.2 Å². The van der Waals surface area contributed by atoms with E-state index in [4.69, 9.17) is 10.5 Å². The predicted octanol–water partition coefficient (Wildman–Crippen LogP) is 0.657. The normalized spacial score (nSPS) is 12.5. The van der Waals surface area contributed by atoms with Crippen LogP contribution in [0, 0.1) is 0 Å². The molecule has 1 atom stereocenters. The SMILES string of the molecule is CCCC(C)NC(=O)COCCCN. The first-order valence-electron chi connectivity index (χ1n) is 5.27. The fraction of sp³-hybridized carbons (Fsp3) is 0.900. The largest absolute Gasteiger partial charge is 0.372 e. The van der Waals surface area contributed by atoms with E-state index in [1.807, 2.05) is 6.92 Å². The molecule has 0 aromatic rings. The second-order valence-electron chi connectivity index (χ2n) is 3.45. The van der Waals surface area contributed by atoms with Gasteiger partial charge in [0, 0.05) is 12.6 Å². The minimum Gasteiger partial charge on any atom is -0.372 e. The highest BCUT2D eigenvalue weighted by molar-refractivity contribution is 5.77. The van der Waals surface area contributed by atoms with Crippen LogP contribution in [0.25, 0.3) is 0 Å². The molecule has 0 spiro atoms. The molecule has 1 unspecified atom stereocenters. The molecule has 14 heavy (non-hydrogen) atoms. The summed E-state index contributed by atoms with van der Waals surface area (Å²) in [6, 6.07) is 0.241. The molecule has 0 saturated heterocycles. The number of carbonyl (C=O) groups excluding carboxylic acids is 1. The lowest BCUT2D eigenvalue weighted by molar-refractivity contribution is -0.126. The van der Waals surface area contributed by atoms with Gasteiger partial charge in [-0.1, -0.05) is 13.3 Å². The van der Waals surface area contributed by atoms with Gasteiger partial charge in [0.2, 0.25) is 5.91 Å². The molecule has 0 rings (SSSR count). The number of nitrogens with one attached hydrogen (secondary N) is 1. The second kappa shape index (κ2) is 8.97. The lowest BCUT2D eigenvalue weighted by Gasteiger charge is -2.12. The Kier molecular flexibility index (Phi) is 8.57. The van der Waals surface area contributed by atoms with E-state index in [1.165, 1.54) is 0 Å². The van der Waals surface area contributed by atoms with Crippen molar-refractivity contribution >= 4 is 5.91 Å². The van der Waals surface area contributed by atoms with Crippen LogP contribution in [0.4, 0.5) is 0 Å². The zero-order valence-corrected chi connectivity index (χ0v) is 9.21. The van der Waals surface area contributed by atoms with Crippen molar-refractivity contribution in [3.05, 3.63) is 0 Å². The number of amides is 1. The average Bonchev–Trinajstić information content (AvgIpc) is 2.13. The summed E-state index contributed by atoms with van der Waals surface area (Å²) in [6.07, 6.45) is 2.89. The third-order valence-electron chi connectivity index (χ3n) is 1.86. The number of carbonyl (C=O) groups is 1.